The molecule has 0 bridgehead atoms. The van der Waals surface area contributed by atoms with Crippen LogP contribution >= 0.6 is 0 Å². The minimum atomic E-state index is -0.819. The number of aliphatic carboxylic acids is 1. The fraction of sp³-hybridized carbons (Fsp3) is 0.818. The van der Waals surface area contributed by atoms with Crippen LogP contribution in [-0.2, 0) is 14.3 Å². The van der Waals surface area contributed by atoms with Crippen LogP contribution in [-0.4, -0.2) is 42.8 Å². The maximum absolute atomic E-state index is 11.5. The van der Waals surface area contributed by atoms with E-state index in [4.69, 9.17) is 15.6 Å². The zero-order valence-electron chi connectivity index (χ0n) is 10.4. The largest absolute Gasteiger partial charge is 0.481 e. The number of ether oxygens (including phenoxy) is 1. The third-order valence-corrected chi connectivity index (χ3v) is 2.39. The molecule has 0 aromatic carbocycles. The SMILES string of the molecule is COCCC(N)C(=O)NC(C)CCCC(=O)O. The molecule has 0 fully saturated rings. The quantitative estimate of drug-likeness (QED) is 0.536. The number of carbonyl (C=O) groups excluding carboxylic acids is 1. The standard InChI is InChI=1S/C11H22N2O4/c1-8(4-3-5-10(14)15)13-11(16)9(12)6-7-17-2/h8-9H,3-7,12H2,1-2H3,(H,13,16)(H,14,15). The second kappa shape index (κ2) is 8.95. The average molecular weight is 246 g/mol. The van der Waals surface area contributed by atoms with Crippen molar-refractivity contribution >= 4 is 11.9 Å². The molecule has 0 saturated heterocycles. The molecule has 0 radical (unpaired) electrons. The summed E-state index contributed by atoms with van der Waals surface area (Å²) >= 11 is 0. The first-order valence-corrected chi connectivity index (χ1v) is 5.74. The Morgan fingerprint density at radius 2 is 2.06 bits per heavy atom. The molecule has 6 heteroatoms. The van der Waals surface area contributed by atoms with Gasteiger partial charge in [-0.25, -0.2) is 0 Å². The average Bonchev–Trinajstić information content (AvgIpc) is 2.25. The molecule has 6 nitrogen and oxygen atoms in total. The molecule has 0 heterocycles. The number of amides is 1. The van der Waals surface area contributed by atoms with Gasteiger partial charge in [0.1, 0.15) is 0 Å². The Kier molecular flexibility index (Phi) is 8.35. The lowest BCUT2D eigenvalue weighted by atomic mass is 10.1. The van der Waals surface area contributed by atoms with E-state index >= 15 is 0 Å². The van der Waals surface area contributed by atoms with Gasteiger partial charge in [-0.1, -0.05) is 0 Å². The second-order valence-corrected chi connectivity index (χ2v) is 4.08. The van der Waals surface area contributed by atoms with E-state index in [-0.39, 0.29) is 18.4 Å². The molecule has 2 atom stereocenters. The van der Waals surface area contributed by atoms with E-state index in [1.807, 2.05) is 6.92 Å². The second-order valence-electron chi connectivity index (χ2n) is 4.08. The molecule has 100 valence electrons. The number of carboxylic acids is 1. The molecule has 4 N–H and O–H groups in total. The zero-order chi connectivity index (χ0) is 13.3. The van der Waals surface area contributed by atoms with Crippen molar-refractivity contribution in [2.24, 2.45) is 5.73 Å². The Balaban J connectivity index is 3.74. The van der Waals surface area contributed by atoms with Crippen LogP contribution in [0.4, 0.5) is 0 Å². The smallest absolute Gasteiger partial charge is 0.303 e. The van der Waals surface area contributed by atoms with E-state index in [0.717, 1.165) is 0 Å². The van der Waals surface area contributed by atoms with Gasteiger partial charge in [0.25, 0.3) is 0 Å². The first-order valence-electron chi connectivity index (χ1n) is 5.74. The number of hydrogen-bond acceptors (Lipinski definition) is 4. The molecule has 2 unspecified atom stereocenters. The van der Waals surface area contributed by atoms with Crippen molar-refractivity contribution in [1.82, 2.24) is 5.32 Å². The zero-order valence-corrected chi connectivity index (χ0v) is 10.4. The number of carboxylic acid groups (broad SMARTS) is 1. The highest BCUT2D eigenvalue weighted by molar-refractivity contribution is 5.81. The highest BCUT2D eigenvalue weighted by atomic mass is 16.5. The Hall–Kier alpha value is -1.14. The van der Waals surface area contributed by atoms with Gasteiger partial charge >= 0.3 is 5.97 Å². The van der Waals surface area contributed by atoms with Crippen LogP contribution in [0.5, 0.6) is 0 Å². The lowest BCUT2D eigenvalue weighted by molar-refractivity contribution is -0.137. The number of nitrogens with two attached hydrogens (primary N) is 1. The van der Waals surface area contributed by atoms with Crippen LogP contribution in [0.1, 0.15) is 32.6 Å². The summed E-state index contributed by atoms with van der Waals surface area (Å²) in [4.78, 5) is 21.9. The summed E-state index contributed by atoms with van der Waals surface area (Å²) in [5, 5.41) is 11.2. The van der Waals surface area contributed by atoms with Crippen molar-refractivity contribution < 1.29 is 19.4 Å². The van der Waals surface area contributed by atoms with Crippen LogP contribution in [0.3, 0.4) is 0 Å². The van der Waals surface area contributed by atoms with Gasteiger partial charge in [0, 0.05) is 26.2 Å². The first-order chi connectivity index (χ1) is 7.97. The lowest BCUT2D eigenvalue weighted by Gasteiger charge is -2.17. The van der Waals surface area contributed by atoms with Crippen molar-refractivity contribution in [1.29, 1.82) is 0 Å². The molecule has 0 saturated carbocycles. The normalized spacial score (nSPS) is 14.1. The van der Waals surface area contributed by atoms with Crippen molar-refractivity contribution in [2.45, 2.75) is 44.7 Å². The minimum absolute atomic E-state index is 0.0598. The predicted molar refractivity (Wildman–Crippen MR) is 63.6 cm³/mol. The minimum Gasteiger partial charge on any atom is -0.481 e. The van der Waals surface area contributed by atoms with Crippen molar-refractivity contribution in [3.63, 3.8) is 0 Å². The molecule has 0 aliphatic rings. The van der Waals surface area contributed by atoms with E-state index < -0.39 is 12.0 Å². The number of carbonyl (C=O) groups is 2. The molecule has 0 rings (SSSR count). The Bertz CT molecular complexity index is 246. The van der Waals surface area contributed by atoms with Gasteiger partial charge in [0.2, 0.25) is 5.91 Å². The Morgan fingerprint density at radius 3 is 2.59 bits per heavy atom. The van der Waals surface area contributed by atoms with Gasteiger partial charge in [-0.15, -0.1) is 0 Å². The highest BCUT2D eigenvalue weighted by Gasteiger charge is 2.15. The summed E-state index contributed by atoms with van der Waals surface area (Å²) in [5.41, 5.74) is 5.64. The van der Waals surface area contributed by atoms with Gasteiger partial charge in [-0.3, -0.25) is 9.59 Å². The van der Waals surface area contributed by atoms with Gasteiger partial charge in [-0.05, 0) is 26.2 Å². The molecular weight excluding hydrogens is 224 g/mol. The van der Waals surface area contributed by atoms with Crippen LogP contribution in [0.15, 0.2) is 0 Å². The summed E-state index contributed by atoms with van der Waals surface area (Å²) in [7, 11) is 1.55. The monoisotopic (exact) mass is 246 g/mol. The Morgan fingerprint density at radius 1 is 1.41 bits per heavy atom. The van der Waals surface area contributed by atoms with Crippen LogP contribution in [0.25, 0.3) is 0 Å². The van der Waals surface area contributed by atoms with Crippen LogP contribution in [0.2, 0.25) is 0 Å². The number of nitrogens with one attached hydrogen (secondary N) is 1. The van der Waals surface area contributed by atoms with Gasteiger partial charge < -0.3 is 20.9 Å². The molecule has 0 aromatic heterocycles. The summed E-state index contributed by atoms with van der Waals surface area (Å²) in [6.45, 7) is 2.28. The molecule has 0 aromatic rings. The lowest BCUT2D eigenvalue weighted by Crippen LogP contribution is -2.44. The molecule has 17 heavy (non-hydrogen) atoms. The third kappa shape index (κ3) is 8.65. The van der Waals surface area contributed by atoms with E-state index in [1.165, 1.54) is 0 Å². The first kappa shape index (κ1) is 15.9. The molecule has 1 amide bonds. The molecule has 0 aliphatic carbocycles. The van der Waals surface area contributed by atoms with Gasteiger partial charge in [-0.2, -0.15) is 0 Å². The summed E-state index contributed by atoms with van der Waals surface area (Å²) in [6, 6.07) is -0.632. The summed E-state index contributed by atoms with van der Waals surface area (Å²) in [6.07, 6.45) is 1.78. The molecular formula is C11H22N2O4. The van der Waals surface area contributed by atoms with Crippen molar-refractivity contribution in [2.75, 3.05) is 13.7 Å². The van der Waals surface area contributed by atoms with Gasteiger partial charge in [0.15, 0.2) is 0 Å². The fourth-order valence-electron chi connectivity index (χ4n) is 1.36. The summed E-state index contributed by atoms with van der Waals surface area (Å²) in [5.74, 6) is -1.04. The predicted octanol–water partition coefficient (Wildman–Crippen LogP) is 0.110. The third-order valence-electron chi connectivity index (χ3n) is 2.39. The number of methoxy groups -OCH3 is 1. The molecule has 0 spiro atoms. The summed E-state index contributed by atoms with van der Waals surface area (Å²) < 4.78 is 4.83. The topological polar surface area (TPSA) is 102 Å². The van der Waals surface area contributed by atoms with E-state index in [9.17, 15) is 9.59 Å². The van der Waals surface area contributed by atoms with E-state index in [0.29, 0.717) is 25.9 Å². The van der Waals surface area contributed by atoms with E-state index in [2.05, 4.69) is 5.32 Å². The Labute approximate surface area is 102 Å². The number of rotatable bonds is 9. The van der Waals surface area contributed by atoms with Crippen molar-refractivity contribution in [3.8, 4) is 0 Å². The molecule has 0 aliphatic heterocycles. The van der Waals surface area contributed by atoms with Gasteiger partial charge in [0.05, 0.1) is 6.04 Å². The maximum atomic E-state index is 11.5. The van der Waals surface area contributed by atoms with Crippen LogP contribution in [0, 0.1) is 0 Å². The number of hydrogen-bond donors (Lipinski definition) is 3. The van der Waals surface area contributed by atoms with Crippen LogP contribution < -0.4 is 11.1 Å². The highest BCUT2D eigenvalue weighted by Crippen LogP contribution is 2.01. The van der Waals surface area contributed by atoms with Crippen molar-refractivity contribution in [3.05, 3.63) is 0 Å². The maximum Gasteiger partial charge on any atom is 0.303 e. The van der Waals surface area contributed by atoms with E-state index in [1.54, 1.807) is 7.11 Å². The fourth-order valence-corrected chi connectivity index (χ4v) is 1.36.